The molecule has 1 atom stereocenters. The highest BCUT2D eigenvalue weighted by molar-refractivity contribution is 5.74. The van der Waals surface area contributed by atoms with E-state index in [-0.39, 0.29) is 0 Å². The number of fused-ring (bicyclic) bond motifs is 1. The largest absolute Gasteiger partial charge is 0.382 e. The average Bonchev–Trinajstić information content (AvgIpc) is 2.71. The maximum Gasteiger partial charge on any atom is 0.139 e. The lowest BCUT2D eigenvalue weighted by Gasteiger charge is -2.20. The summed E-state index contributed by atoms with van der Waals surface area (Å²) < 4.78 is 0. The van der Waals surface area contributed by atoms with Gasteiger partial charge in [-0.25, -0.2) is 4.98 Å². The van der Waals surface area contributed by atoms with Crippen LogP contribution in [0.4, 0.5) is 0 Å². The Morgan fingerprint density at radius 3 is 2.81 bits per heavy atom. The predicted octanol–water partition coefficient (Wildman–Crippen LogP) is 2.96. The highest BCUT2D eigenvalue weighted by Gasteiger charge is 2.25. The molecule has 16 heavy (non-hydrogen) atoms. The number of nitrogens with one attached hydrogen (secondary N) is 1. The van der Waals surface area contributed by atoms with Gasteiger partial charge in [-0.3, -0.25) is 0 Å². The summed E-state index contributed by atoms with van der Waals surface area (Å²) in [5.41, 5.74) is 1.04. The van der Waals surface area contributed by atoms with Gasteiger partial charge in [-0.05, 0) is 25.5 Å². The number of aliphatic hydroxyl groups is 1. The minimum absolute atomic E-state index is 0.669. The van der Waals surface area contributed by atoms with E-state index in [4.69, 9.17) is 0 Å². The van der Waals surface area contributed by atoms with Crippen LogP contribution in [0, 0.1) is 0 Å². The molecule has 2 N–H and O–H groups in total. The first-order valence-electron chi connectivity index (χ1n) is 5.81. The zero-order valence-electron chi connectivity index (χ0n) is 9.83. The van der Waals surface area contributed by atoms with Crippen molar-refractivity contribution in [3.63, 3.8) is 0 Å². The molecule has 1 aromatic heterocycles. The summed E-state index contributed by atoms with van der Waals surface area (Å²) >= 11 is 0. The van der Waals surface area contributed by atoms with Gasteiger partial charge in [0, 0.05) is 0 Å². The molecule has 0 saturated heterocycles. The van der Waals surface area contributed by atoms with Crippen LogP contribution < -0.4 is 0 Å². The number of hydrogen-bond donors (Lipinski definition) is 2. The number of rotatable bonds is 4. The lowest BCUT2D eigenvalue weighted by molar-refractivity contribution is 0.0373. The van der Waals surface area contributed by atoms with Crippen molar-refractivity contribution in [1.82, 2.24) is 9.97 Å². The van der Waals surface area contributed by atoms with Crippen LogP contribution in [0.15, 0.2) is 24.3 Å². The zero-order chi connectivity index (χ0) is 11.6. The summed E-state index contributed by atoms with van der Waals surface area (Å²) in [5, 5.41) is 10.3. The molecule has 0 spiro atoms. The SMILES string of the molecule is CCCC[C@@](C)(O)c1nc2ccccc2[nH]1. The summed E-state index contributed by atoms with van der Waals surface area (Å²) in [5.74, 6) is 0.669. The Kier molecular flexibility index (Phi) is 2.97. The minimum atomic E-state index is -0.852. The fourth-order valence-electron chi connectivity index (χ4n) is 1.85. The van der Waals surface area contributed by atoms with Crippen LogP contribution in [0.5, 0.6) is 0 Å². The van der Waals surface area contributed by atoms with Crippen LogP contribution in [-0.2, 0) is 5.60 Å². The third-order valence-corrected chi connectivity index (χ3v) is 2.92. The molecule has 0 radical (unpaired) electrons. The highest BCUT2D eigenvalue weighted by Crippen LogP contribution is 2.26. The summed E-state index contributed by atoms with van der Waals surface area (Å²) in [6.45, 7) is 3.94. The van der Waals surface area contributed by atoms with Gasteiger partial charge in [0.15, 0.2) is 0 Å². The molecule has 0 saturated carbocycles. The van der Waals surface area contributed by atoms with E-state index in [0.29, 0.717) is 5.82 Å². The number of para-hydroxylation sites is 2. The first-order valence-corrected chi connectivity index (χ1v) is 5.81. The number of H-pyrrole nitrogens is 1. The minimum Gasteiger partial charge on any atom is -0.382 e. The van der Waals surface area contributed by atoms with Crippen LogP contribution in [0.1, 0.15) is 38.9 Å². The molecule has 0 aliphatic heterocycles. The molecule has 0 bridgehead atoms. The predicted molar refractivity (Wildman–Crippen MR) is 65.2 cm³/mol. The van der Waals surface area contributed by atoms with E-state index in [0.717, 1.165) is 30.3 Å². The Hall–Kier alpha value is -1.35. The second-order valence-corrected chi connectivity index (χ2v) is 4.48. The van der Waals surface area contributed by atoms with E-state index in [1.807, 2.05) is 31.2 Å². The first kappa shape index (κ1) is 11.1. The fraction of sp³-hybridized carbons (Fsp3) is 0.462. The topological polar surface area (TPSA) is 48.9 Å². The number of aromatic nitrogens is 2. The molecule has 2 aromatic rings. The van der Waals surface area contributed by atoms with Gasteiger partial charge >= 0.3 is 0 Å². The van der Waals surface area contributed by atoms with E-state index in [1.165, 1.54) is 0 Å². The summed E-state index contributed by atoms with van der Waals surface area (Å²) in [7, 11) is 0. The van der Waals surface area contributed by atoms with Crippen molar-refractivity contribution in [3.8, 4) is 0 Å². The second kappa shape index (κ2) is 4.26. The van der Waals surface area contributed by atoms with Crippen molar-refractivity contribution >= 4 is 11.0 Å². The van der Waals surface area contributed by atoms with E-state index < -0.39 is 5.60 Å². The molecule has 0 amide bonds. The van der Waals surface area contributed by atoms with Crippen molar-refractivity contribution in [2.75, 3.05) is 0 Å². The summed E-state index contributed by atoms with van der Waals surface area (Å²) in [4.78, 5) is 7.62. The Labute approximate surface area is 95.5 Å². The molecule has 0 unspecified atom stereocenters. The van der Waals surface area contributed by atoms with Gasteiger partial charge < -0.3 is 10.1 Å². The molecule has 0 fully saturated rings. The molecule has 1 aromatic carbocycles. The quantitative estimate of drug-likeness (QED) is 0.828. The number of benzene rings is 1. The zero-order valence-corrected chi connectivity index (χ0v) is 9.83. The van der Waals surface area contributed by atoms with Gasteiger partial charge in [-0.2, -0.15) is 0 Å². The van der Waals surface area contributed by atoms with Crippen LogP contribution in [-0.4, -0.2) is 15.1 Å². The van der Waals surface area contributed by atoms with Gasteiger partial charge in [-0.15, -0.1) is 0 Å². The Balaban J connectivity index is 2.31. The molecule has 1 heterocycles. The molecule has 3 nitrogen and oxygen atoms in total. The molecule has 86 valence electrons. The molecular formula is C13H18N2O. The van der Waals surface area contributed by atoms with Crippen molar-refractivity contribution < 1.29 is 5.11 Å². The second-order valence-electron chi connectivity index (χ2n) is 4.48. The lowest BCUT2D eigenvalue weighted by atomic mass is 9.99. The van der Waals surface area contributed by atoms with Crippen molar-refractivity contribution in [1.29, 1.82) is 0 Å². The molecule has 2 rings (SSSR count). The first-order chi connectivity index (χ1) is 7.63. The van der Waals surface area contributed by atoms with Crippen LogP contribution >= 0.6 is 0 Å². The van der Waals surface area contributed by atoms with E-state index in [2.05, 4.69) is 16.9 Å². The smallest absolute Gasteiger partial charge is 0.139 e. The molecule has 3 heteroatoms. The number of unbranched alkanes of at least 4 members (excludes halogenated alkanes) is 1. The standard InChI is InChI=1S/C13H18N2O/c1-3-4-9-13(2,16)12-14-10-7-5-6-8-11(10)15-12/h5-8,16H,3-4,9H2,1-2H3,(H,14,15)/t13-/m1/s1. The maximum absolute atomic E-state index is 10.3. The van der Waals surface area contributed by atoms with Crippen LogP contribution in [0.2, 0.25) is 0 Å². The van der Waals surface area contributed by atoms with E-state index >= 15 is 0 Å². The van der Waals surface area contributed by atoms with Gasteiger partial charge in [0.1, 0.15) is 11.4 Å². The Morgan fingerprint density at radius 2 is 2.12 bits per heavy atom. The number of aromatic amines is 1. The third-order valence-electron chi connectivity index (χ3n) is 2.92. The fourth-order valence-corrected chi connectivity index (χ4v) is 1.85. The van der Waals surface area contributed by atoms with Gasteiger partial charge in [-0.1, -0.05) is 31.9 Å². The molecule has 0 aliphatic carbocycles. The Morgan fingerprint density at radius 1 is 1.38 bits per heavy atom. The number of imidazole rings is 1. The normalized spacial score (nSPS) is 15.2. The Bertz CT molecular complexity index is 440. The van der Waals surface area contributed by atoms with Crippen LogP contribution in [0.25, 0.3) is 11.0 Å². The van der Waals surface area contributed by atoms with Crippen molar-refractivity contribution in [2.24, 2.45) is 0 Å². The van der Waals surface area contributed by atoms with E-state index in [1.54, 1.807) is 0 Å². The maximum atomic E-state index is 10.3. The average molecular weight is 218 g/mol. The summed E-state index contributed by atoms with van der Waals surface area (Å²) in [6.07, 6.45) is 2.82. The van der Waals surface area contributed by atoms with Crippen molar-refractivity contribution in [3.05, 3.63) is 30.1 Å². The van der Waals surface area contributed by atoms with Gasteiger partial charge in [0.05, 0.1) is 11.0 Å². The monoisotopic (exact) mass is 218 g/mol. The number of nitrogens with zero attached hydrogens (tertiary/aromatic N) is 1. The van der Waals surface area contributed by atoms with Crippen molar-refractivity contribution in [2.45, 2.75) is 38.7 Å². The molecular weight excluding hydrogens is 200 g/mol. The van der Waals surface area contributed by atoms with Gasteiger partial charge in [0.25, 0.3) is 0 Å². The van der Waals surface area contributed by atoms with Gasteiger partial charge in [0.2, 0.25) is 0 Å². The molecule has 0 aliphatic rings. The highest BCUT2D eigenvalue weighted by atomic mass is 16.3. The third kappa shape index (κ3) is 2.09. The van der Waals surface area contributed by atoms with Crippen LogP contribution in [0.3, 0.4) is 0 Å². The lowest BCUT2D eigenvalue weighted by Crippen LogP contribution is -2.22. The van der Waals surface area contributed by atoms with E-state index in [9.17, 15) is 5.11 Å². The number of hydrogen-bond acceptors (Lipinski definition) is 2. The summed E-state index contributed by atoms with van der Waals surface area (Å²) in [6, 6.07) is 7.84.